The summed E-state index contributed by atoms with van der Waals surface area (Å²) in [5.74, 6) is -0.124. The number of nitrogens with zero attached hydrogens (tertiary/aromatic N) is 3. The van der Waals surface area contributed by atoms with Gasteiger partial charge in [0.05, 0.1) is 10.6 Å². The summed E-state index contributed by atoms with van der Waals surface area (Å²) in [5.41, 5.74) is 12.8. The van der Waals surface area contributed by atoms with Crippen LogP contribution >= 0.6 is 0 Å². The topological polar surface area (TPSA) is 116 Å². The van der Waals surface area contributed by atoms with E-state index >= 15 is 0 Å². The highest BCUT2D eigenvalue weighted by Gasteiger charge is 2.26. The van der Waals surface area contributed by atoms with E-state index < -0.39 is 10.0 Å². The standard InChI is InChI=1S/C15H17N5O2S/c16-15(17)19-18-13-7-4-8-14-12(13)9-10-20(14)23(21,22)11-5-2-1-3-6-11/h1-3,5-6,9-10H,4,7-8H2,(H4,16,17,19)/b18-13-. The first-order valence-electron chi connectivity index (χ1n) is 7.17. The Balaban J connectivity index is 2.09. The van der Waals surface area contributed by atoms with Gasteiger partial charge < -0.3 is 11.5 Å². The lowest BCUT2D eigenvalue weighted by Crippen LogP contribution is -2.22. The quantitative estimate of drug-likeness (QED) is 0.496. The van der Waals surface area contributed by atoms with E-state index in [4.69, 9.17) is 11.5 Å². The van der Waals surface area contributed by atoms with E-state index in [1.807, 2.05) is 0 Å². The smallest absolute Gasteiger partial charge is 0.267 e. The summed E-state index contributed by atoms with van der Waals surface area (Å²) in [6.07, 6.45) is 3.72. The summed E-state index contributed by atoms with van der Waals surface area (Å²) in [6, 6.07) is 10.1. The van der Waals surface area contributed by atoms with E-state index in [1.165, 1.54) is 3.97 Å². The molecule has 0 saturated carbocycles. The number of hydrogen-bond donors (Lipinski definition) is 2. The van der Waals surface area contributed by atoms with Gasteiger partial charge in [-0.2, -0.15) is 5.10 Å². The van der Waals surface area contributed by atoms with Crippen LogP contribution in [0, 0.1) is 0 Å². The summed E-state index contributed by atoms with van der Waals surface area (Å²) < 4.78 is 26.9. The van der Waals surface area contributed by atoms with Gasteiger partial charge in [-0.25, -0.2) is 12.4 Å². The van der Waals surface area contributed by atoms with Crippen molar-refractivity contribution in [1.82, 2.24) is 3.97 Å². The van der Waals surface area contributed by atoms with Crippen LogP contribution < -0.4 is 11.5 Å². The van der Waals surface area contributed by atoms with E-state index in [0.29, 0.717) is 24.2 Å². The third-order valence-electron chi connectivity index (χ3n) is 3.68. The van der Waals surface area contributed by atoms with Gasteiger partial charge >= 0.3 is 0 Å². The largest absolute Gasteiger partial charge is 0.369 e. The predicted octanol–water partition coefficient (Wildman–Crippen LogP) is 1.04. The van der Waals surface area contributed by atoms with Gasteiger partial charge in [0.15, 0.2) is 0 Å². The Morgan fingerprint density at radius 1 is 1.09 bits per heavy atom. The summed E-state index contributed by atoms with van der Waals surface area (Å²) in [4.78, 5) is 0.256. The second-order valence-electron chi connectivity index (χ2n) is 5.22. The molecular weight excluding hydrogens is 314 g/mol. The Bertz CT molecular complexity index is 878. The van der Waals surface area contributed by atoms with Crippen LogP contribution in [0.4, 0.5) is 0 Å². The lowest BCUT2D eigenvalue weighted by atomic mass is 9.96. The summed E-state index contributed by atoms with van der Waals surface area (Å²) in [5, 5.41) is 7.72. The number of benzene rings is 1. The molecule has 23 heavy (non-hydrogen) atoms. The van der Waals surface area contributed by atoms with Crippen molar-refractivity contribution in [3.05, 3.63) is 53.9 Å². The highest BCUT2D eigenvalue weighted by atomic mass is 32.2. The molecule has 1 aliphatic carbocycles. The van der Waals surface area contributed by atoms with Crippen molar-refractivity contribution in [3.63, 3.8) is 0 Å². The highest BCUT2D eigenvalue weighted by molar-refractivity contribution is 7.90. The van der Waals surface area contributed by atoms with Gasteiger partial charge in [0, 0.05) is 17.5 Å². The molecule has 1 heterocycles. The molecule has 1 aromatic heterocycles. The van der Waals surface area contributed by atoms with Gasteiger partial charge in [-0.1, -0.05) is 18.2 Å². The zero-order valence-corrected chi connectivity index (χ0v) is 13.2. The SMILES string of the molecule is NC(N)=N/N=C1/CCCc2c1ccn2S(=O)(=O)c1ccccc1. The first kappa shape index (κ1) is 15.3. The average molecular weight is 331 g/mol. The van der Waals surface area contributed by atoms with E-state index in [-0.39, 0.29) is 10.9 Å². The van der Waals surface area contributed by atoms with Crippen LogP contribution in [0.2, 0.25) is 0 Å². The lowest BCUT2D eigenvalue weighted by Gasteiger charge is -2.17. The monoisotopic (exact) mass is 331 g/mol. The molecule has 3 rings (SSSR count). The second-order valence-corrected chi connectivity index (χ2v) is 7.03. The van der Waals surface area contributed by atoms with Crippen molar-refractivity contribution in [2.45, 2.75) is 24.2 Å². The van der Waals surface area contributed by atoms with Gasteiger partial charge in [0.25, 0.3) is 10.0 Å². The fourth-order valence-corrected chi connectivity index (χ4v) is 4.09. The lowest BCUT2D eigenvalue weighted by molar-refractivity contribution is 0.584. The van der Waals surface area contributed by atoms with E-state index in [0.717, 1.165) is 12.0 Å². The number of guanidine groups is 1. The molecule has 120 valence electrons. The van der Waals surface area contributed by atoms with Crippen LogP contribution in [0.3, 0.4) is 0 Å². The number of fused-ring (bicyclic) bond motifs is 1. The van der Waals surface area contributed by atoms with Crippen molar-refractivity contribution in [2.75, 3.05) is 0 Å². The molecule has 0 radical (unpaired) electrons. The molecule has 0 bridgehead atoms. The van der Waals surface area contributed by atoms with Crippen molar-refractivity contribution >= 4 is 21.7 Å². The molecule has 0 aliphatic heterocycles. The Kier molecular flexibility index (Phi) is 3.91. The van der Waals surface area contributed by atoms with Crippen LogP contribution in [-0.4, -0.2) is 24.1 Å². The molecule has 0 spiro atoms. The second kappa shape index (κ2) is 5.88. The fraction of sp³-hybridized carbons (Fsp3) is 0.200. The van der Waals surface area contributed by atoms with E-state index in [2.05, 4.69) is 10.2 Å². The molecule has 7 nitrogen and oxygen atoms in total. The van der Waals surface area contributed by atoms with E-state index in [1.54, 1.807) is 42.6 Å². The van der Waals surface area contributed by atoms with Gasteiger partial charge in [0.1, 0.15) is 0 Å². The Morgan fingerprint density at radius 3 is 2.52 bits per heavy atom. The van der Waals surface area contributed by atoms with Crippen LogP contribution in [0.25, 0.3) is 0 Å². The number of aromatic nitrogens is 1. The fourth-order valence-electron chi connectivity index (χ4n) is 2.67. The molecule has 1 aromatic carbocycles. The third kappa shape index (κ3) is 2.85. The molecule has 0 atom stereocenters. The Morgan fingerprint density at radius 2 is 1.83 bits per heavy atom. The maximum atomic E-state index is 12.8. The molecule has 0 amide bonds. The molecule has 0 saturated heterocycles. The third-order valence-corrected chi connectivity index (χ3v) is 5.41. The maximum Gasteiger partial charge on any atom is 0.267 e. The molecule has 0 fully saturated rings. The zero-order chi connectivity index (χ0) is 16.4. The average Bonchev–Trinajstić information content (AvgIpc) is 2.99. The summed E-state index contributed by atoms with van der Waals surface area (Å²) in [7, 11) is -3.62. The zero-order valence-electron chi connectivity index (χ0n) is 12.4. The van der Waals surface area contributed by atoms with Crippen molar-refractivity contribution in [2.24, 2.45) is 21.7 Å². The maximum absolute atomic E-state index is 12.8. The number of rotatable bonds is 3. The van der Waals surface area contributed by atoms with Crippen molar-refractivity contribution < 1.29 is 8.42 Å². The molecule has 2 aromatic rings. The van der Waals surface area contributed by atoms with Gasteiger partial charge in [-0.15, -0.1) is 5.10 Å². The molecule has 1 aliphatic rings. The predicted molar refractivity (Wildman–Crippen MR) is 88.7 cm³/mol. The Labute approximate surface area is 134 Å². The number of hydrogen-bond acceptors (Lipinski definition) is 4. The Hall–Kier alpha value is -2.61. The number of nitrogens with two attached hydrogens (primary N) is 2. The first-order chi connectivity index (χ1) is 11.0. The molecular formula is C15H17N5O2S. The highest BCUT2D eigenvalue weighted by Crippen LogP contribution is 2.26. The van der Waals surface area contributed by atoms with Gasteiger partial charge in [0.2, 0.25) is 5.96 Å². The minimum Gasteiger partial charge on any atom is -0.369 e. The van der Waals surface area contributed by atoms with Crippen LogP contribution in [-0.2, 0) is 16.4 Å². The van der Waals surface area contributed by atoms with Crippen molar-refractivity contribution in [3.8, 4) is 0 Å². The van der Waals surface area contributed by atoms with Crippen LogP contribution in [0.1, 0.15) is 24.1 Å². The molecule has 8 heteroatoms. The van der Waals surface area contributed by atoms with Gasteiger partial charge in [-0.05, 0) is 37.5 Å². The van der Waals surface area contributed by atoms with Crippen molar-refractivity contribution in [1.29, 1.82) is 0 Å². The minimum atomic E-state index is -3.62. The van der Waals surface area contributed by atoms with Gasteiger partial charge in [-0.3, -0.25) is 0 Å². The van der Waals surface area contributed by atoms with Crippen LogP contribution in [0.5, 0.6) is 0 Å². The first-order valence-corrected chi connectivity index (χ1v) is 8.61. The van der Waals surface area contributed by atoms with E-state index in [9.17, 15) is 8.42 Å². The molecule has 4 N–H and O–H groups in total. The summed E-state index contributed by atoms with van der Waals surface area (Å²) >= 11 is 0. The normalized spacial score (nSPS) is 16.1. The summed E-state index contributed by atoms with van der Waals surface area (Å²) in [6.45, 7) is 0. The minimum absolute atomic E-state index is 0.124. The molecule has 0 unspecified atom stereocenters. The van der Waals surface area contributed by atoms with Crippen LogP contribution in [0.15, 0.2) is 57.7 Å².